The summed E-state index contributed by atoms with van der Waals surface area (Å²) in [5.41, 5.74) is 10.2. The van der Waals surface area contributed by atoms with Crippen molar-refractivity contribution in [2.24, 2.45) is 0 Å². The van der Waals surface area contributed by atoms with Crippen molar-refractivity contribution in [1.82, 2.24) is 0 Å². The molecule has 0 aliphatic heterocycles. The number of anilines is 2. The summed E-state index contributed by atoms with van der Waals surface area (Å²) in [4.78, 5) is 13.0. The highest BCUT2D eigenvalue weighted by Crippen LogP contribution is 2.28. The molecule has 0 heterocycles. The lowest BCUT2D eigenvalue weighted by Crippen LogP contribution is -2.22. The summed E-state index contributed by atoms with van der Waals surface area (Å²) in [5, 5.41) is 2.97. The van der Waals surface area contributed by atoms with Crippen LogP contribution in [0.2, 0.25) is 0 Å². The topological polar surface area (TPSA) is 55.1 Å². The van der Waals surface area contributed by atoms with Gasteiger partial charge in [-0.25, -0.2) is 0 Å². The lowest BCUT2D eigenvalue weighted by molar-refractivity contribution is -0.116. The van der Waals surface area contributed by atoms with Crippen LogP contribution < -0.4 is 11.1 Å². The Hall–Kier alpha value is -3.07. The minimum Gasteiger partial charge on any atom is -0.397 e. The van der Waals surface area contributed by atoms with E-state index in [1.165, 1.54) is 0 Å². The summed E-state index contributed by atoms with van der Waals surface area (Å²) < 4.78 is 0. The summed E-state index contributed by atoms with van der Waals surface area (Å²) in [6.07, 6.45) is 0. The Morgan fingerprint density at radius 1 is 0.875 bits per heavy atom. The zero-order valence-electron chi connectivity index (χ0n) is 13.6. The Morgan fingerprint density at radius 2 is 1.42 bits per heavy atom. The van der Waals surface area contributed by atoms with Gasteiger partial charge in [0.25, 0.3) is 0 Å². The largest absolute Gasteiger partial charge is 0.397 e. The molecule has 0 aliphatic rings. The molecule has 0 saturated carbocycles. The highest BCUT2D eigenvalue weighted by Gasteiger charge is 2.23. The molecule has 0 unspecified atom stereocenters. The molecule has 1 amide bonds. The van der Waals surface area contributed by atoms with Crippen LogP contribution in [-0.2, 0) is 4.79 Å². The number of benzene rings is 3. The van der Waals surface area contributed by atoms with Crippen molar-refractivity contribution in [3.05, 3.63) is 95.6 Å². The second-order valence-corrected chi connectivity index (χ2v) is 5.83. The maximum absolute atomic E-state index is 13.0. The van der Waals surface area contributed by atoms with E-state index in [4.69, 9.17) is 5.73 Å². The molecule has 3 nitrogen and oxygen atoms in total. The first-order chi connectivity index (χ1) is 11.6. The predicted molar refractivity (Wildman–Crippen MR) is 98.9 cm³/mol. The van der Waals surface area contributed by atoms with Crippen LogP contribution in [0.5, 0.6) is 0 Å². The predicted octanol–water partition coefficient (Wildman–Crippen LogP) is 4.35. The van der Waals surface area contributed by atoms with Crippen LogP contribution in [0.1, 0.15) is 22.6 Å². The fourth-order valence-corrected chi connectivity index (χ4v) is 2.79. The summed E-state index contributed by atoms with van der Waals surface area (Å²) in [6, 6.07) is 25.2. The van der Waals surface area contributed by atoms with Gasteiger partial charge in [0, 0.05) is 0 Å². The van der Waals surface area contributed by atoms with E-state index in [0.717, 1.165) is 16.7 Å². The maximum Gasteiger partial charge on any atom is 0.236 e. The van der Waals surface area contributed by atoms with Crippen LogP contribution in [0, 0.1) is 6.92 Å². The third kappa shape index (κ3) is 3.46. The van der Waals surface area contributed by atoms with Crippen molar-refractivity contribution < 1.29 is 4.79 Å². The molecule has 120 valence electrons. The van der Waals surface area contributed by atoms with E-state index in [0.29, 0.717) is 11.4 Å². The van der Waals surface area contributed by atoms with Crippen LogP contribution in [0.4, 0.5) is 11.4 Å². The van der Waals surface area contributed by atoms with Crippen molar-refractivity contribution >= 4 is 17.3 Å². The van der Waals surface area contributed by atoms with Gasteiger partial charge in [-0.3, -0.25) is 4.79 Å². The van der Waals surface area contributed by atoms with Gasteiger partial charge in [0.1, 0.15) is 0 Å². The van der Waals surface area contributed by atoms with E-state index < -0.39 is 0 Å². The van der Waals surface area contributed by atoms with E-state index in [9.17, 15) is 4.79 Å². The van der Waals surface area contributed by atoms with E-state index in [-0.39, 0.29) is 11.8 Å². The molecule has 3 aromatic rings. The highest BCUT2D eigenvalue weighted by molar-refractivity contribution is 6.00. The third-order valence-corrected chi connectivity index (χ3v) is 3.99. The Balaban J connectivity index is 1.95. The van der Waals surface area contributed by atoms with E-state index in [1.54, 1.807) is 0 Å². The molecule has 0 radical (unpaired) electrons. The number of nitrogens with two attached hydrogens (primary N) is 1. The maximum atomic E-state index is 13.0. The van der Waals surface area contributed by atoms with Gasteiger partial charge in [0.05, 0.1) is 17.3 Å². The first kappa shape index (κ1) is 15.8. The van der Waals surface area contributed by atoms with Gasteiger partial charge in [-0.15, -0.1) is 0 Å². The molecule has 3 rings (SSSR count). The number of hydrogen-bond donors (Lipinski definition) is 2. The van der Waals surface area contributed by atoms with Crippen molar-refractivity contribution in [1.29, 1.82) is 0 Å². The zero-order chi connectivity index (χ0) is 16.9. The van der Waals surface area contributed by atoms with Crippen molar-refractivity contribution in [3.8, 4) is 0 Å². The quantitative estimate of drug-likeness (QED) is 0.703. The average Bonchev–Trinajstić information content (AvgIpc) is 2.60. The summed E-state index contributed by atoms with van der Waals surface area (Å²) in [6.45, 7) is 1.97. The van der Waals surface area contributed by atoms with E-state index >= 15 is 0 Å². The Labute approximate surface area is 142 Å². The van der Waals surface area contributed by atoms with Crippen LogP contribution in [0.25, 0.3) is 0 Å². The Morgan fingerprint density at radius 3 is 1.92 bits per heavy atom. The molecule has 0 atom stereocenters. The molecule has 0 saturated heterocycles. The molecule has 3 aromatic carbocycles. The molecule has 3 N–H and O–H groups in total. The van der Waals surface area contributed by atoms with Gasteiger partial charge in [0.2, 0.25) is 5.91 Å². The molecule has 0 aromatic heterocycles. The van der Waals surface area contributed by atoms with Crippen LogP contribution in [0.15, 0.2) is 78.9 Å². The van der Waals surface area contributed by atoms with Gasteiger partial charge in [-0.1, -0.05) is 66.7 Å². The van der Waals surface area contributed by atoms with Crippen LogP contribution in [-0.4, -0.2) is 5.91 Å². The molecular formula is C21H20N2O. The monoisotopic (exact) mass is 316 g/mol. The standard InChI is InChI=1S/C21H20N2O/c1-15-12-13-19(18(22)14-15)23-21(24)20(16-8-4-2-5-9-16)17-10-6-3-7-11-17/h2-14,20H,22H2,1H3,(H,23,24). The summed E-state index contributed by atoms with van der Waals surface area (Å²) in [7, 11) is 0. The first-order valence-corrected chi connectivity index (χ1v) is 7.92. The van der Waals surface area contributed by atoms with Crippen LogP contribution >= 0.6 is 0 Å². The number of nitrogens with one attached hydrogen (secondary N) is 1. The van der Waals surface area contributed by atoms with Crippen LogP contribution in [0.3, 0.4) is 0 Å². The average molecular weight is 316 g/mol. The SMILES string of the molecule is Cc1ccc(NC(=O)C(c2ccccc2)c2ccccc2)c(N)c1. The number of carbonyl (C=O) groups is 1. The lowest BCUT2D eigenvalue weighted by Gasteiger charge is -2.18. The molecule has 0 bridgehead atoms. The fraction of sp³-hybridized carbons (Fsp3) is 0.0952. The smallest absolute Gasteiger partial charge is 0.236 e. The number of carbonyl (C=O) groups excluding carboxylic acids is 1. The summed E-state index contributed by atoms with van der Waals surface area (Å²) >= 11 is 0. The molecular weight excluding hydrogens is 296 g/mol. The molecule has 0 fully saturated rings. The van der Waals surface area contributed by atoms with Gasteiger partial charge in [-0.2, -0.15) is 0 Å². The molecule has 24 heavy (non-hydrogen) atoms. The van der Waals surface area contributed by atoms with Gasteiger partial charge < -0.3 is 11.1 Å². The van der Waals surface area contributed by atoms with E-state index in [2.05, 4.69) is 5.32 Å². The van der Waals surface area contributed by atoms with E-state index in [1.807, 2.05) is 85.8 Å². The minimum absolute atomic E-state index is 0.0945. The zero-order valence-corrected chi connectivity index (χ0v) is 13.6. The number of aryl methyl sites for hydroxylation is 1. The number of nitrogen functional groups attached to an aromatic ring is 1. The number of rotatable bonds is 4. The molecule has 3 heteroatoms. The Kier molecular flexibility index (Phi) is 4.62. The minimum atomic E-state index is -0.381. The van der Waals surface area contributed by atoms with Gasteiger partial charge in [-0.05, 0) is 35.7 Å². The molecule has 0 aliphatic carbocycles. The normalized spacial score (nSPS) is 10.6. The fourth-order valence-electron chi connectivity index (χ4n) is 2.79. The number of amides is 1. The molecule has 0 spiro atoms. The second-order valence-electron chi connectivity index (χ2n) is 5.83. The lowest BCUT2D eigenvalue weighted by atomic mass is 9.90. The summed E-state index contributed by atoms with van der Waals surface area (Å²) in [5.74, 6) is -0.476. The Bertz CT molecular complexity index is 789. The van der Waals surface area contributed by atoms with Gasteiger partial charge >= 0.3 is 0 Å². The van der Waals surface area contributed by atoms with Crippen molar-refractivity contribution in [3.63, 3.8) is 0 Å². The third-order valence-electron chi connectivity index (χ3n) is 3.99. The first-order valence-electron chi connectivity index (χ1n) is 7.92. The second kappa shape index (κ2) is 7.01. The van der Waals surface area contributed by atoms with Gasteiger partial charge in [0.15, 0.2) is 0 Å². The van der Waals surface area contributed by atoms with Crippen molar-refractivity contribution in [2.75, 3.05) is 11.1 Å². The van der Waals surface area contributed by atoms with Crippen molar-refractivity contribution in [2.45, 2.75) is 12.8 Å². The highest BCUT2D eigenvalue weighted by atomic mass is 16.1. The number of hydrogen-bond acceptors (Lipinski definition) is 2.